The van der Waals surface area contributed by atoms with Gasteiger partial charge in [0, 0.05) is 18.8 Å². The van der Waals surface area contributed by atoms with Crippen LogP contribution in [0.1, 0.15) is 41.7 Å². The number of pyridine rings is 1. The highest BCUT2D eigenvalue weighted by molar-refractivity contribution is 5.92. The van der Waals surface area contributed by atoms with Gasteiger partial charge in [-0.05, 0) is 44.4 Å². The van der Waals surface area contributed by atoms with E-state index in [0.29, 0.717) is 18.2 Å². The third-order valence-electron chi connectivity index (χ3n) is 3.13. The Balaban J connectivity index is 0.00000162. The summed E-state index contributed by atoms with van der Waals surface area (Å²) in [5, 5.41) is 5.92. The molecule has 1 aliphatic carbocycles. The minimum Gasteiger partial charge on any atom is -0.349 e. The lowest BCUT2D eigenvalue weighted by Gasteiger charge is -2.11. The number of nitrogens with one attached hydrogen (secondary N) is 2. The van der Waals surface area contributed by atoms with Crippen LogP contribution >= 0.6 is 24.8 Å². The van der Waals surface area contributed by atoms with Crippen molar-refractivity contribution in [2.45, 2.75) is 31.7 Å². The Morgan fingerprint density at radius 1 is 1.42 bits per heavy atom. The number of rotatable bonds is 5. The highest BCUT2D eigenvalue weighted by atomic mass is 35.5. The summed E-state index contributed by atoms with van der Waals surface area (Å²) < 4.78 is 0. The van der Waals surface area contributed by atoms with Gasteiger partial charge in [0.2, 0.25) is 0 Å². The van der Waals surface area contributed by atoms with E-state index in [1.54, 1.807) is 0 Å². The number of hydrogen-bond donors (Lipinski definition) is 2. The fourth-order valence-corrected chi connectivity index (χ4v) is 1.64. The van der Waals surface area contributed by atoms with Crippen LogP contribution in [0.25, 0.3) is 0 Å². The van der Waals surface area contributed by atoms with Crippen LogP contribution in [0.2, 0.25) is 0 Å². The molecule has 1 unspecified atom stereocenters. The number of halogens is 2. The maximum absolute atomic E-state index is 11.8. The van der Waals surface area contributed by atoms with Crippen molar-refractivity contribution < 1.29 is 4.79 Å². The predicted octanol–water partition coefficient (Wildman–Crippen LogP) is 2.14. The minimum atomic E-state index is -0.102. The molecule has 6 heteroatoms. The SMILES string of the molecule is CNC(C)CNC(=O)c1ccc(C2CC2)cn1.Cl.Cl. The van der Waals surface area contributed by atoms with Gasteiger partial charge in [0.1, 0.15) is 5.69 Å². The molecule has 1 aromatic heterocycles. The van der Waals surface area contributed by atoms with Gasteiger partial charge in [-0.1, -0.05) is 6.07 Å². The van der Waals surface area contributed by atoms with Crippen LogP contribution in [0.3, 0.4) is 0 Å². The molecular formula is C13H21Cl2N3O. The van der Waals surface area contributed by atoms with Crippen molar-refractivity contribution in [3.63, 3.8) is 0 Å². The Kier molecular flexibility index (Phi) is 7.99. The van der Waals surface area contributed by atoms with Crippen LogP contribution in [0.4, 0.5) is 0 Å². The van der Waals surface area contributed by atoms with Crippen LogP contribution in [-0.2, 0) is 0 Å². The first-order chi connectivity index (χ1) is 8.20. The third kappa shape index (κ3) is 5.35. The fraction of sp³-hybridized carbons (Fsp3) is 0.538. The van der Waals surface area contributed by atoms with Gasteiger partial charge in [-0.3, -0.25) is 9.78 Å². The first-order valence-electron chi connectivity index (χ1n) is 6.12. The Labute approximate surface area is 126 Å². The largest absolute Gasteiger partial charge is 0.349 e. The topological polar surface area (TPSA) is 54.0 Å². The van der Waals surface area contributed by atoms with Crippen molar-refractivity contribution in [1.29, 1.82) is 0 Å². The normalized spacial score (nSPS) is 14.8. The summed E-state index contributed by atoms with van der Waals surface area (Å²) in [5.74, 6) is 0.582. The summed E-state index contributed by atoms with van der Waals surface area (Å²) in [6, 6.07) is 4.10. The second kappa shape index (κ2) is 8.35. The van der Waals surface area contributed by atoms with E-state index < -0.39 is 0 Å². The van der Waals surface area contributed by atoms with Crippen LogP contribution in [0, 0.1) is 0 Å². The van der Waals surface area contributed by atoms with Gasteiger partial charge in [0.05, 0.1) is 0 Å². The molecule has 108 valence electrons. The fourth-order valence-electron chi connectivity index (χ4n) is 1.64. The number of aromatic nitrogens is 1. The highest BCUT2D eigenvalue weighted by Crippen LogP contribution is 2.39. The molecule has 1 aromatic rings. The zero-order valence-electron chi connectivity index (χ0n) is 11.2. The predicted molar refractivity (Wildman–Crippen MR) is 81.6 cm³/mol. The first kappa shape index (κ1) is 18.2. The Hall–Kier alpha value is -0.840. The summed E-state index contributed by atoms with van der Waals surface area (Å²) in [7, 11) is 1.87. The molecule has 4 nitrogen and oxygen atoms in total. The average molecular weight is 306 g/mol. The van der Waals surface area contributed by atoms with E-state index in [1.807, 2.05) is 32.3 Å². The van der Waals surface area contributed by atoms with Crippen molar-refractivity contribution in [2.24, 2.45) is 0 Å². The second-order valence-corrected chi connectivity index (χ2v) is 4.65. The van der Waals surface area contributed by atoms with Crippen molar-refractivity contribution in [1.82, 2.24) is 15.6 Å². The second-order valence-electron chi connectivity index (χ2n) is 4.65. The Morgan fingerprint density at radius 2 is 2.11 bits per heavy atom. The van der Waals surface area contributed by atoms with Gasteiger partial charge in [0.25, 0.3) is 5.91 Å². The molecule has 0 bridgehead atoms. The van der Waals surface area contributed by atoms with Gasteiger partial charge in [-0.15, -0.1) is 24.8 Å². The van der Waals surface area contributed by atoms with Crippen LogP contribution in [0.5, 0.6) is 0 Å². The standard InChI is InChI=1S/C13H19N3O.2ClH/c1-9(14-2)7-16-13(17)12-6-5-11(8-15-12)10-3-4-10;;/h5-6,8-10,14H,3-4,7H2,1-2H3,(H,16,17);2*1H. The lowest BCUT2D eigenvalue weighted by molar-refractivity contribution is 0.0945. The van der Waals surface area contributed by atoms with Gasteiger partial charge < -0.3 is 10.6 Å². The molecule has 0 saturated heterocycles. The van der Waals surface area contributed by atoms with E-state index >= 15 is 0 Å². The van der Waals surface area contributed by atoms with Crippen LogP contribution in [0.15, 0.2) is 18.3 Å². The number of amides is 1. The molecule has 0 radical (unpaired) electrons. The van der Waals surface area contributed by atoms with Gasteiger partial charge >= 0.3 is 0 Å². The van der Waals surface area contributed by atoms with E-state index in [2.05, 4.69) is 15.6 Å². The van der Waals surface area contributed by atoms with E-state index in [-0.39, 0.29) is 36.8 Å². The quantitative estimate of drug-likeness (QED) is 0.876. The van der Waals surface area contributed by atoms with Crippen molar-refractivity contribution in [3.05, 3.63) is 29.6 Å². The highest BCUT2D eigenvalue weighted by Gasteiger charge is 2.23. The molecule has 0 spiro atoms. The van der Waals surface area contributed by atoms with Gasteiger partial charge in [-0.25, -0.2) is 0 Å². The molecule has 2 rings (SSSR count). The van der Waals surface area contributed by atoms with Gasteiger partial charge in [0.15, 0.2) is 0 Å². The molecule has 1 heterocycles. The molecule has 1 saturated carbocycles. The maximum Gasteiger partial charge on any atom is 0.269 e. The lowest BCUT2D eigenvalue weighted by atomic mass is 10.2. The molecule has 19 heavy (non-hydrogen) atoms. The van der Waals surface area contributed by atoms with Crippen molar-refractivity contribution in [3.8, 4) is 0 Å². The van der Waals surface area contributed by atoms with E-state index in [4.69, 9.17) is 0 Å². The van der Waals surface area contributed by atoms with Crippen LogP contribution in [-0.4, -0.2) is 30.5 Å². The monoisotopic (exact) mass is 305 g/mol. The van der Waals surface area contributed by atoms with E-state index in [0.717, 1.165) is 0 Å². The Morgan fingerprint density at radius 3 is 2.58 bits per heavy atom. The van der Waals surface area contributed by atoms with E-state index in [9.17, 15) is 4.79 Å². The summed E-state index contributed by atoms with van der Waals surface area (Å²) >= 11 is 0. The molecule has 1 amide bonds. The Bertz CT molecular complexity index is 393. The van der Waals surface area contributed by atoms with Crippen LogP contribution < -0.4 is 10.6 Å². The smallest absolute Gasteiger partial charge is 0.269 e. The molecule has 1 aliphatic rings. The molecular weight excluding hydrogens is 285 g/mol. The molecule has 0 aromatic carbocycles. The van der Waals surface area contributed by atoms with Crippen molar-refractivity contribution in [2.75, 3.05) is 13.6 Å². The molecule has 1 fully saturated rings. The van der Waals surface area contributed by atoms with E-state index in [1.165, 1.54) is 18.4 Å². The molecule has 2 N–H and O–H groups in total. The lowest BCUT2D eigenvalue weighted by Crippen LogP contribution is -2.37. The zero-order valence-corrected chi connectivity index (χ0v) is 12.8. The summed E-state index contributed by atoms with van der Waals surface area (Å²) in [6.07, 6.45) is 4.34. The first-order valence-corrected chi connectivity index (χ1v) is 6.12. The number of likely N-dealkylation sites (N-methyl/N-ethyl adjacent to an activating group) is 1. The number of nitrogens with zero attached hydrogens (tertiary/aromatic N) is 1. The number of hydrogen-bond acceptors (Lipinski definition) is 3. The molecule has 1 atom stereocenters. The number of carbonyl (C=O) groups excluding carboxylic acids is 1. The van der Waals surface area contributed by atoms with Gasteiger partial charge in [-0.2, -0.15) is 0 Å². The maximum atomic E-state index is 11.8. The summed E-state index contributed by atoms with van der Waals surface area (Å²) in [4.78, 5) is 16.0. The third-order valence-corrected chi connectivity index (χ3v) is 3.13. The summed E-state index contributed by atoms with van der Waals surface area (Å²) in [5.41, 5.74) is 1.75. The zero-order chi connectivity index (χ0) is 12.3. The minimum absolute atomic E-state index is 0. The number of carbonyl (C=O) groups is 1. The van der Waals surface area contributed by atoms with Crippen molar-refractivity contribution >= 4 is 30.7 Å². The molecule has 0 aliphatic heterocycles. The summed E-state index contributed by atoms with van der Waals surface area (Å²) in [6.45, 7) is 2.63. The average Bonchev–Trinajstić information content (AvgIpc) is 3.20.